The predicted molar refractivity (Wildman–Crippen MR) is 90.3 cm³/mol. The van der Waals surface area contributed by atoms with E-state index in [9.17, 15) is 18.0 Å². The molecule has 4 fully saturated rings. The second-order valence-corrected chi connectivity index (χ2v) is 8.34. The zero-order valence-corrected chi connectivity index (χ0v) is 15.8. The van der Waals surface area contributed by atoms with Crippen molar-refractivity contribution in [2.24, 2.45) is 0 Å². The van der Waals surface area contributed by atoms with Crippen LogP contribution >= 0.6 is 0 Å². The highest BCUT2D eigenvalue weighted by Gasteiger charge is 2.49. The van der Waals surface area contributed by atoms with Gasteiger partial charge < -0.3 is 15.0 Å². The Kier molecular flexibility index (Phi) is 5.43. The van der Waals surface area contributed by atoms with Crippen molar-refractivity contribution in [3.05, 3.63) is 0 Å². The Morgan fingerprint density at radius 2 is 2.11 bits per heavy atom. The molecule has 14 heteroatoms. The maximum absolute atomic E-state index is 12.4. The summed E-state index contributed by atoms with van der Waals surface area (Å²) in [6.45, 7) is 2.54. The summed E-state index contributed by atoms with van der Waals surface area (Å²) in [5.74, 6) is -0.480. The van der Waals surface area contributed by atoms with Crippen molar-refractivity contribution in [2.45, 2.75) is 43.4 Å². The van der Waals surface area contributed by atoms with Gasteiger partial charge >= 0.3 is 16.4 Å². The lowest BCUT2D eigenvalue weighted by Gasteiger charge is -2.35. The van der Waals surface area contributed by atoms with E-state index < -0.39 is 34.4 Å². The molecule has 3 amide bonds. The fraction of sp³-hybridized carbons (Fsp3) is 0.857. The van der Waals surface area contributed by atoms with Crippen molar-refractivity contribution in [1.29, 1.82) is 0 Å². The van der Waals surface area contributed by atoms with Crippen LogP contribution in [0.15, 0.2) is 0 Å². The third-order valence-electron chi connectivity index (χ3n) is 5.49. The van der Waals surface area contributed by atoms with Gasteiger partial charge in [0, 0.05) is 25.2 Å². The summed E-state index contributed by atoms with van der Waals surface area (Å²) in [4.78, 5) is 33.5. The van der Waals surface area contributed by atoms with Gasteiger partial charge in [0.05, 0.1) is 12.6 Å². The number of nitrogens with one attached hydrogen (secondary N) is 2. The zero-order valence-electron chi connectivity index (χ0n) is 15.0. The molecule has 4 aliphatic rings. The summed E-state index contributed by atoms with van der Waals surface area (Å²) in [7, 11) is -4.81. The summed E-state index contributed by atoms with van der Waals surface area (Å²) < 4.78 is 40.1. The van der Waals surface area contributed by atoms with E-state index in [4.69, 9.17) is 14.1 Å². The first kappa shape index (κ1) is 19.8. The van der Waals surface area contributed by atoms with E-state index in [1.807, 2.05) is 0 Å². The molecule has 4 saturated heterocycles. The van der Waals surface area contributed by atoms with E-state index in [1.54, 1.807) is 0 Å². The van der Waals surface area contributed by atoms with Gasteiger partial charge in [-0.15, -0.1) is 4.28 Å². The number of nitrogens with zero attached hydrogens (tertiary/aromatic N) is 3. The molecule has 3 N–H and O–H groups in total. The molecule has 4 heterocycles. The van der Waals surface area contributed by atoms with Crippen molar-refractivity contribution in [3.63, 3.8) is 0 Å². The summed E-state index contributed by atoms with van der Waals surface area (Å²) in [5, 5.41) is 3.93. The Hall–Kier alpha value is -1.55. The minimum absolute atomic E-state index is 0.105. The topological polar surface area (TPSA) is 150 Å². The molecule has 0 aliphatic carbocycles. The molecule has 4 atom stereocenters. The molecule has 4 rings (SSSR count). The van der Waals surface area contributed by atoms with Crippen molar-refractivity contribution in [2.75, 3.05) is 33.2 Å². The number of rotatable bonds is 7. The van der Waals surface area contributed by atoms with Crippen LogP contribution < -0.4 is 10.8 Å². The van der Waals surface area contributed by atoms with Crippen LogP contribution in [0.2, 0.25) is 0 Å². The predicted octanol–water partition coefficient (Wildman–Crippen LogP) is -1.99. The van der Waals surface area contributed by atoms with E-state index in [1.165, 1.54) is 4.90 Å². The van der Waals surface area contributed by atoms with Crippen LogP contribution in [0.5, 0.6) is 0 Å². The van der Waals surface area contributed by atoms with Crippen LogP contribution in [0, 0.1) is 0 Å². The average molecular weight is 421 g/mol. The Morgan fingerprint density at radius 3 is 2.79 bits per heavy atom. The Morgan fingerprint density at radius 1 is 1.32 bits per heavy atom. The summed E-state index contributed by atoms with van der Waals surface area (Å²) in [6, 6.07) is -1.61. The number of piperidine rings is 1. The number of hydrogen-bond donors (Lipinski definition) is 3. The van der Waals surface area contributed by atoms with Crippen molar-refractivity contribution in [1.82, 2.24) is 25.7 Å². The molecule has 0 aromatic carbocycles. The van der Waals surface area contributed by atoms with Crippen molar-refractivity contribution < 1.29 is 36.4 Å². The quantitative estimate of drug-likeness (QED) is 0.311. The van der Waals surface area contributed by atoms with Crippen LogP contribution in [0.4, 0.5) is 4.79 Å². The number of amides is 3. The lowest BCUT2D eigenvalue weighted by molar-refractivity contribution is -0.162. The monoisotopic (exact) mass is 421 g/mol. The summed E-state index contributed by atoms with van der Waals surface area (Å²) in [5.41, 5.74) is 2.38. The van der Waals surface area contributed by atoms with Crippen LogP contribution in [-0.4, -0.2) is 97.1 Å². The maximum atomic E-state index is 12.4. The first-order valence-corrected chi connectivity index (χ1v) is 10.4. The van der Waals surface area contributed by atoms with Crippen LogP contribution in [0.1, 0.15) is 19.3 Å². The largest absolute Gasteiger partial charge is 0.418 e. The lowest BCUT2D eigenvalue weighted by Crippen LogP contribution is -2.50. The smallest absolute Gasteiger partial charge is 0.351 e. The van der Waals surface area contributed by atoms with E-state index in [-0.39, 0.29) is 19.2 Å². The van der Waals surface area contributed by atoms with E-state index >= 15 is 0 Å². The molecule has 0 unspecified atom stereocenters. The SMILES string of the molecule is O=C(NOC[C@H]1C[C@@H](N2COC2)CN1)[C@@H]1CC[C@@H]2CN1C(=O)N2OS(=O)(=O)O. The minimum atomic E-state index is -4.81. The molecule has 13 nitrogen and oxygen atoms in total. The highest BCUT2D eigenvalue weighted by atomic mass is 32.3. The number of hydroxylamine groups is 3. The van der Waals surface area contributed by atoms with E-state index in [2.05, 4.69) is 20.0 Å². The molecule has 158 valence electrons. The van der Waals surface area contributed by atoms with Crippen molar-refractivity contribution in [3.8, 4) is 0 Å². The van der Waals surface area contributed by atoms with Gasteiger partial charge in [-0.2, -0.15) is 13.5 Å². The zero-order chi connectivity index (χ0) is 19.9. The second kappa shape index (κ2) is 7.70. The summed E-state index contributed by atoms with van der Waals surface area (Å²) >= 11 is 0. The number of hydrogen-bond acceptors (Lipinski definition) is 9. The van der Waals surface area contributed by atoms with Gasteiger partial charge in [-0.3, -0.25) is 19.1 Å². The third-order valence-corrected chi connectivity index (χ3v) is 5.84. The van der Waals surface area contributed by atoms with Crippen LogP contribution in [0.25, 0.3) is 0 Å². The lowest BCUT2D eigenvalue weighted by atomic mass is 10.0. The Bertz CT molecular complexity index is 731. The third kappa shape index (κ3) is 4.07. The molecular formula is C14H23N5O8S. The fourth-order valence-corrected chi connectivity index (χ4v) is 4.38. The van der Waals surface area contributed by atoms with Gasteiger partial charge in [0.15, 0.2) is 0 Å². The number of urea groups is 1. The van der Waals surface area contributed by atoms with Gasteiger partial charge in [-0.05, 0) is 19.3 Å². The molecule has 0 spiro atoms. The molecule has 0 aromatic rings. The Labute approximate surface area is 161 Å². The second-order valence-electron chi connectivity index (χ2n) is 7.33. The van der Waals surface area contributed by atoms with E-state index in [0.29, 0.717) is 37.4 Å². The first-order chi connectivity index (χ1) is 13.3. The number of carbonyl (C=O) groups excluding carboxylic acids is 2. The van der Waals surface area contributed by atoms with Crippen LogP contribution in [-0.2, 0) is 29.1 Å². The maximum Gasteiger partial charge on any atom is 0.418 e. The van der Waals surface area contributed by atoms with Gasteiger partial charge in [-0.1, -0.05) is 0 Å². The van der Waals surface area contributed by atoms with Gasteiger partial charge in [-0.25, -0.2) is 10.3 Å². The average Bonchev–Trinajstić information content (AvgIpc) is 3.12. The van der Waals surface area contributed by atoms with E-state index in [0.717, 1.165) is 13.0 Å². The highest BCUT2D eigenvalue weighted by Crippen LogP contribution is 2.30. The molecule has 28 heavy (non-hydrogen) atoms. The minimum Gasteiger partial charge on any atom is -0.351 e. The molecular weight excluding hydrogens is 398 g/mol. The number of carbonyl (C=O) groups is 2. The van der Waals surface area contributed by atoms with Crippen LogP contribution in [0.3, 0.4) is 0 Å². The van der Waals surface area contributed by atoms with Crippen molar-refractivity contribution >= 4 is 22.3 Å². The highest BCUT2D eigenvalue weighted by molar-refractivity contribution is 7.80. The first-order valence-electron chi connectivity index (χ1n) is 9.05. The number of ether oxygens (including phenoxy) is 1. The Balaban J connectivity index is 1.24. The van der Waals surface area contributed by atoms with Gasteiger partial charge in [0.1, 0.15) is 19.5 Å². The summed E-state index contributed by atoms with van der Waals surface area (Å²) in [6.07, 6.45) is 1.58. The van der Waals surface area contributed by atoms with Gasteiger partial charge in [0.25, 0.3) is 5.91 Å². The fourth-order valence-electron chi connectivity index (χ4n) is 4.00. The van der Waals surface area contributed by atoms with Gasteiger partial charge in [0.2, 0.25) is 0 Å². The number of fused-ring (bicyclic) bond motifs is 2. The standard InChI is InChI=1S/C14H23N5O8S/c20-13(16-26-6-9-3-11(4-15-9)17-7-25-8-17)12-2-1-10-5-18(12)14(21)19(10)27-28(22,23)24/h9-12,15H,1-8H2,(H,16,20)(H,22,23,24)/t9-,10-,11-,12+/m1/s1. The normalized spacial score (nSPS) is 33.2. The molecule has 0 radical (unpaired) electrons. The molecule has 2 bridgehead atoms. The molecule has 0 aromatic heterocycles. The molecule has 0 saturated carbocycles. The molecule has 4 aliphatic heterocycles.